The number of phenolic OH excluding ortho intramolecular Hbond substituents is 1. The average Bonchev–Trinajstić information content (AvgIpc) is 3.44. The molecule has 3 aromatic carbocycles. The minimum atomic E-state index is -0.749. The van der Waals surface area contributed by atoms with Crippen LogP contribution >= 0.6 is 23.2 Å². The van der Waals surface area contributed by atoms with Crippen molar-refractivity contribution in [2.24, 2.45) is 0 Å². The molecule has 1 aromatic heterocycles. The molecular weight excluding hydrogens is 525 g/mol. The maximum atomic E-state index is 13.9. The second-order valence-electron chi connectivity index (χ2n) is 10.0. The molecule has 0 unspecified atom stereocenters. The second-order valence-corrected chi connectivity index (χ2v) is 11.2. The van der Waals surface area contributed by atoms with E-state index in [9.17, 15) is 14.7 Å². The summed E-state index contributed by atoms with van der Waals surface area (Å²) in [6, 6.07) is 12.5. The summed E-state index contributed by atoms with van der Waals surface area (Å²) in [4.78, 5) is 32.2. The van der Waals surface area contributed by atoms with Crippen LogP contribution in [0.2, 0.25) is 0 Å². The number of alkyl halides is 2. The number of aromatic nitrogens is 1. The molecule has 1 amide bonds. The van der Waals surface area contributed by atoms with Gasteiger partial charge in [0.25, 0.3) is 5.91 Å². The third-order valence-electron chi connectivity index (χ3n) is 7.08. The van der Waals surface area contributed by atoms with E-state index in [2.05, 4.69) is 4.98 Å². The van der Waals surface area contributed by atoms with Crippen LogP contribution in [-0.2, 0) is 0 Å². The Morgan fingerprint density at radius 3 is 2.66 bits per heavy atom. The number of hydrogen-bond acceptors (Lipinski definition) is 5. The summed E-state index contributed by atoms with van der Waals surface area (Å²) in [7, 11) is 3.89. The van der Waals surface area contributed by atoms with Gasteiger partial charge in [-0.3, -0.25) is 9.59 Å². The number of anilines is 1. The van der Waals surface area contributed by atoms with Gasteiger partial charge in [0.1, 0.15) is 28.6 Å². The normalized spacial score (nSPS) is 15.2. The maximum Gasteiger partial charge on any atom is 0.274 e. The van der Waals surface area contributed by atoms with Gasteiger partial charge in [0.2, 0.25) is 0 Å². The molecular formula is C29H29Cl2N3O4. The van der Waals surface area contributed by atoms with Crippen molar-refractivity contribution in [3.05, 3.63) is 64.8 Å². The van der Waals surface area contributed by atoms with Gasteiger partial charge in [-0.15, -0.1) is 23.2 Å². The lowest BCUT2D eigenvalue weighted by Gasteiger charge is -2.18. The Labute approximate surface area is 230 Å². The van der Waals surface area contributed by atoms with Crippen molar-refractivity contribution in [1.29, 1.82) is 0 Å². The molecule has 2 N–H and O–H groups in total. The Bertz CT molecular complexity index is 1580. The van der Waals surface area contributed by atoms with Crippen LogP contribution in [0, 0.1) is 6.92 Å². The van der Waals surface area contributed by atoms with Crippen molar-refractivity contribution in [2.45, 2.75) is 24.6 Å². The SMILES string of the molecule is CC(=O)c1cc2cc(C(=O)N3C[C@@H](C(Cl)Cl)c4c3cc(O)c3cccc(C)c43)[nH]c2cc1OCCN(C)C. The summed E-state index contributed by atoms with van der Waals surface area (Å²) in [5, 5.41) is 13.1. The van der Waals surface area contributed by atoms with Gasteiger partial charge in [-0.2, -0.15) is 0 Å². The number of H-pyrrole nitrogens is 1. The van der Waals surface area contributed by atoms with Crippen LogP contribution in [-0.4, -0.2) is 65.3 Å². The molecule has 38 heavy (non-hydrogen) atoms. The zero-order valence-corrected chi connectivity index (χ0v) is 23.2. The summed E-state index contributed by atoms with van der Waals surface area (Å²) in [5.74, 6) is -0.176. The van der Waals surface area contributed by atoms with E-state index in [1.165, 1.54) is 6.92 Å². The van der Waals surface area contributed by atoms with Crippen molar-refractivity contribution in [3.63, 3.8) is 0 Å². The van der Waals surface area contributed by atoms with Gasteiger partial charge in [0.15, 0.2) is 5.78 Å². The standard InChI is InChI=1S/C29H29Cl2N3O4/c1-15-6-5-7-18-24(36)13-23-27(26(15)18)20(28(30)31)14-34(23)29(37)22-11-17-10-19(16(2)35)25(12-21(17)32-22)38-9-8-33(3)4/h5-7,10-13,20,28,32,36H,8-9,14H2,1-4H3/t20-/m1/s1. The van der Waals surface area contributed by atoms with E-state index < -0.39 is 4.84 Å². The van der Waals surface area contributed by atoms with Crippen LogP contribution in [0.4, 0.5) is 5.69 Å². The lowest BCUT2D eigenvalue weighted by molar-refractivity contribution is 0.0982. The molecule has 1 atom stereocenters. The minimum Gasteiger partial charge on any atom is -0.507 e. The van der Waals surface area contributed by atoms with Crippen LogP contribution in [0.3, 0.4) is 0 Å². The number of Topliss-reactive ketones (excluding diaryl/α,β-unsaturated/α-hetero) is 1. The van der Waals surface area contributed by atoms with Crippen molar-refractivity contribution in [2.75, 3.05) is 38.7 Å². The number of fused-ring (bicyclic) bond motifs is 4. The molecule has 0 aliphatic carbocycles. The van der Waals surface area contributed by atoms with Crippen LogP contribution in [0.5, 0.6) is 11.5 Å². The predicted octanol–water partition coefficient (Wildman–Crippen LogP) is 6.03. The summed E-state index contributed by atoms with van der Waals surface area (Å²) >= 11 is 12.8. The molecule has 1 aliphatic rings. The van der Waals surface area contributed by atoms with E-state index in [0.29, 0.717) is 46.7 Å². The molecule has 7 nitrogen and oxygen atoms in total. The monoisotopic (exact) mass is 553 g/mol. The lowest BCUT2D eigenvalue weighted by atomic mass is 9.92. The molecule has 0 fully saturated rings. The Balaban J connectivity index is 1.57. The van der Waals surface area contributed by atoms with E-state index >= 15 is 0 Å². The minimum absolute atomic E-state index is 0.0869. The molecule has 198 valence electrons. The molecule has 4 aromatic rings. The van der Waals surface area contributed by atoms with Crippen molar-refractivity contribution < 1.29 is 19.4 Å². The lowest BCUT2D eigenvalue weighted by Crippen LogP contribution is -2.31. The third kappa shape index (κ3) is 4.59. The number of phenols is 1. The first-order valence-corrected chi connectivity index (χ1v) is 13.2. The number of aromatic hydroxyl groups is 1. The Morgan fingerprint density at radius 2 is 1.97 bits per heavy atom. The number of nitrogens with one attached hydrogen (secondary N) is 1. The molecule has 1 aliphatic heterocycles. The third-order valence-corrected chi connectivity index (χ3v) is 7.69. The Kier molecular flexibility index (Phi) is 7.03. The van der Waals surface area contributed by atoms with Crippen molar-refractivity contribution in [3.8, 4) is 11.5 Å². The number of hydrogen-bond donors (Lipinski definition) is 2. The number of aryl methyl sites for hydroxylation is 1. The maximum absolute atomic E-state index is 13.9. The van der Waals surface area contributed by atoms with Crippen molar-refractivity contribution in [1.82, 2.24) is 9.88 Å². The average molecular weight is 554 g/mol. The fourth-order valence-corrected chi connectivity index (χ4v) is 5.60. The smallest absolute Gasteiger partial charge is 0.274 e. The van der Waals surface area contributed by atoms with E-state index in [1.54, 1.807) is 29.2 Å². The number of halogens is 2. The van der Waals surface area contributed by atoms with Crippen LogP contribution in [0.1, 0.15) is 44.8 Å². The summed E-state index contributed by atoms with van der Waals surface area (Å²) in [6.45, 7) is 4.84. The number of carbonyl (C=O) groups excluding carboxylic acids is 2. The molecule has 2 heterocycles. The molecule has 0 saturated carbocycles. The highest BCUT2D eigenvalue weighted by molar-refractivity contribution is 6.45. The van der Waals surface area contributed by atoms with E-state index in [1.807, 2.05) is 44.1 Å². The molecule has 0 spiro atoms. The largest absolute Gasteiger partial charge is 0.507 e. The number of benzene rings is 3. The van der Waals surface area contributed by atoms with Gasteiger partial charge < -0.3 is 24.6 Å². The van der Waals surface area contributed by atoms with Crippen LogP contribution in [0.15, 0.2) is 42.5 Å². The molecule has 5 rings (SSSR count). The Morgan fingerprint density at radius 1 is 1.21 bits per heavy atom. The highest BCUT2D eigenvalue weighted by atomic mass is 35.5. The zero-order chi connectivity index (χ0) is 27.3. The quantitative estimate of drug-likeness (QED) is 0.215. The highest BCUT2D eigenvalue weighted by Gasteiger charge is 2.39. The summed E-state index contributed by atoms with van der Waals surface area (Å²) in [6.07, 6.45) is 0. The van der Waals surface area contributed by atoms with Gasteiger partial charge in [-0.05, 0) is 56.6 Å². The number of likely N-dealkylation sites (N-methyl/N-ethyl adjacent to an activating group) is 1. The first-order valence-electron chi connectivity index (χ1n) is 12.4. The van der Waals surface area contributed by atoms with Crippen LogP contribution in [0.25, 0.3) is 21.7 Å². The van der Waals surface area contributed by atoms with E-state index in [-0.39, 0.29) is 29.9 Å². The van der Waals surface area contributed by atoms with E-state index in [4.69, 9.17) is 27.9 Å². The van der Waals surface area contributed by atoms with Crippen LogP contribution < -0.4 is 9.64 Å². The Hall–Kier alpha value is -3.26. The summed E-state index contributed by atoms with van der Waals surface area (Å²) < 4.78 is 5.90. The van der Waals surface area contributed by atoms with Gasteiger partial charge in [0.05, 0.1) is 11.3 Å². The summed E-state index contributed by atoms with van der Waals surface area (Å²) in [5.41, 5.74) is 3.88. The van der Waals surface area contributed by atoms with Gasteiger partial charge in [0, 0.05) is 47.4 Å². The second kappa shape index (κ2) is 10.1. The number of aromatic amines is 1. The molecule has 0 bridgehead atoms. The predicted molar refractivity (Wildman–Crippen MR) is 153 cm³/mol. The highest BCUT2D eigenvalue weighted by Crippen LogP contribution is 2.49. The van der Waals surface area contributed by atoms with Gasteiger partial charge >= 0.3 is 0 Å². The number of amides is 1. The number of ether oxygens (including phenoxy) is 1. The first-order chi connectivity index (χ1) is 18.1. The zero-order valence-electron chi connectivity index (χ0n) is 21.6. The van der Waals surface area contributed by atoms with Gasteiger partial charge in [-0.25, -0.2) is 0 Å². The van der Waals surface area contributed by atoms with Gasteiger partial charge in [-0.1, -0.05) is 18.2 Å². The number of ketones is 1. The number of rotatable bonds is 7. The first kappa shape index (κ1) is 26.4. The van der Waals surface area contributed by atoms with Crippen molar-refractivity contribution >= 4 is 62.3 Å². The molecule has 0 radical (unpaired) electrons. The molecule has 9 heteroatoms. The fraction of sp³-hybridized carbons (Fsp3) is 0.310. The fourth-order valence-electron chi connectivity index (χ4n) is 5.19. The molecule has 0 saturated heterocycles. The topological polar surface area (TPSA) is 85.9 Å². The van der Waals surface area contributed by atoms with E-state index in [0.717, 1.165) is 21.9 Å². The number of carbonyl (C=O) groups is 2. The number of nitrogens with zero attached hydrogens (tertiary/aromatic N) is 2.